The molecule has 0 atom stereocenters. The SMILES string of the molecule is Cc1cc(N)cc(C)c1Oc1ccc(O)c(C(=O)c2ccc(Cl)cc2)c1. The maximum atomic E-state index is 12.7. The van der Waals surface area contributed by atoms with Gasteiger partial charge in [-0.25, -0.2) is 0 Å². The molecule has 0 aliphatic carbocycles. The lowest BCUT2D eigenvalue weighted by Crippen LogP contribution is -2.02. The molecule has 0 saturated heterocycles. The van der Waals surface area contributed by atoms with Crippen LogP contribution in [-0.2, 0) is 0 Å². The Balaban J connectivity index is 1.96. The van der Waals surface area contributed by atoms with Gasteiger partial charge in [-0.05, 0) is 79.6 Å². The van der Waals surface area contributed by atoms with Gasteiger partial charge in [0, 0.05) is 16.3 Å². The first-order chi connectivity index (χ1) is 12.3. The first kappa shape index (κ1) is 17.8. The number of carbonyl (C=O) groups is 1. The Morgan fingerprint density at radius 2 is 1.62 bits per heavy atom. The van der Waals surface area contributed by atoms with Crippen molar-refractivity contribution in [3.05, 3.63) is 81.9 Å². The van der Waals surface area contributed by atoms with E-state index in [1.54, 1.807) is 30.3 Å². The van der Waals surface area contributed by atoms with Crippen LogP contribution in [0.25, 0.3) is 0 Å². The van der Waals surface area contributed by atoms with Gasteiger partial charge >= 0.3 is 0 Å². The smallest absolute Gasteiger partial charge is 0.196 e. The third-order valence-corrected chi connectivity index (χ3v) is 4.27. The maximum absolute atomic E-state index is 12.7. The van der Waals surface area contributed by atoms with Gasteiger partial charge in [0.15, 0.2) is 5.78 Å². The average Bonchev–Trinajstić information content (AvgIpc) is 2.59. The van der Waals surface area contributed by atoms with Gasteiger partial charge in [0.25, 0.3) is 0 Å². The Morgan fingerprint density at radius 3 is 2.23 bits per heavy atom. The molecule has 5 heteroatoms. The van der Waals surface area contributed by atoms with Crippen LogP contribution in [0.15, 0.2) is 54.6 Å². The second kappa shape index (κ2) is 7.10. The summed E-state index contributed by atoms with van der Waals surface area (Å²) in [6.45, 7) is 3.80. The third-order valence-electron chi connectivity index (χ3n) is 4.02. The molecule has 132 valence electrons. The fourth-order valence-corrected chi connectivity index (χ4v) is 2.91. The van der Waals surface area contributed by atoms with Crippen LogP contribution in [0.4, 0.5) is 5.69 Å². The molecular weight excluding hydrogens is 350 g/mol. The lowest BCUT2D eigenvalue weighted by molar-refractivity contribution is 0.103. The number of carbonyl (C=O) groups excluding carboxylic acids is 1. The summed E-state index contributed by atoms with van der Waals surface area (Å²) in [5.74, 6) is 0.712. The molecule has 0 heterocycles. The highest BCUT2D eigenvalue weighted by Crippen LogP contribution is 2.33. The summed E-state index contributed by atoms with van der Waals surface area (Å²) >= 11 is 5.86. The molecule has 0 saturated carbocycles. The summed E-state index contributed by atoms with van der Waals surface area (Å²) < 4.78 is 5.96. The quantitative estimate of drug-likeness (QED) is 0.486. The molecule has 0 bridgehead atoms. The predicted molar refractivity (Wildman–Crippen MR) is 103 cm³/mol. The zero-order chi connectivity index (χ0) is 18.8. The molecule has 0 aliphatic rings. The molecule has 3 rings (SSSR count). The van der Waals surface area contributed by atoms with Crippen LogP contribution in [0.1, 0.15) is 27.0 Å². The normalized spacial score (nSPS) is 10.6. The standard InChI is InChI=1S/C21H18ClNO3/c1-12-9-16(23)10-13(2)21(12)26-17-7-8-19(24)18(11-17)20(25)14-3-5-15(22)6-4-14/h3-11,24H,23H2,1-2H3. The van der Waals surface area contributed by atoms with Gasteiger partial charge < -0.3 is 15.6 Å². The first-order valence-corrected chi connectivity index (χ1v) is 8.41. The van der Waals surface area contributed by atoms with Crippen molar-refractivity contribution >= 4 is 23.1 Å². The number of rotatable bonds is 4. The lowest BCUT2D eigenvalue weighted by atomic mass is 10.0. The number of ketones is 1. The summed E-state index contributed by atoms with van der Waals surface area (Å²) in [6, 6.07) is 14.7. The summed E-state index contributed by atoms with van der Waals surface area (Å²) in [6.07, 6.45) is 0. The molecule has 3 N–H and O–H groups in total. The predicted octanol–water partition coefficient (Wildman–Crippen LogP) is 5.27. The molecule has 4 nitrogen and oxygen atoms in total. The van der Waals surface area contributed by atoms with Crippen molar-refractivity contribution in [2.45, 2.75) is 13.8 Å². The lowest BCUT2D eigenvalue weighted by Gasteiger charge is -2.14. The van der Waals surface area contributed by atoms with Crippen LogP contribution in [0.2, 0.25) is 5.02 Å². The fourth-order valence-electron chi connectivity index (χ4n) is 2.78. The Morgan fingerprint density at radius 1 is 1.00 bits per heavy atom. The van der Waals surface area contributed by atoms with Gasteiger partial charge in [-0.2, -0.15) is 0 Å². The molecule has 0 spiro atoms. The maximum Gasteiger partial charge on any atom is 0.196 e. The van der Waals surface area contributed by atoms with Crippen LogP contribution in [-0.4, -0.2) is 10.9 Å². The van der Waals surface area contributed by atoms with Crippen LogP contribution in [0, 0.1) is 13.8 Å². The van der Waals surface area contributed by atoms with Crippen LogP contribution in [0.3, 0.4) is 0 Å². The highest BCUT2D eigenvalue weighted by Gasteiger charge is 2.16. The molecular formula is C21H18ClNO3. The van der Waals surface area contributed by atoms with E-state index < -0.39 is 0 Å². The molecule has 3 aromatic carbocycles. The van der Waals surface area contributed by atoms with E-state index in [4.69, 9.17) is 22.1 Å². The molecule has 0 fully saturated rings. The van der Waals surface area contributed by atoms with E-state index >= 15 is 0 Å². The second-order valence-corrected chi connectivity index (χ2v) is 6.54. The van der Waals surface area contributed by atoms with Gasteiger partial charge in [0.05, 0.1) is 5.56 Å². The average molecular weight is 368 g/mol. The third kappa shape index (κ3) is 3.65. The number of nitrogens with two attached hydrogens (primary N) is 1. The molecule has 0 unspecified atom stereocenters. The molecule has 3 aromatic rings. The second-order valence-electron chi connectivity index (χ2n) is 6.10. The van der Waals surface area contributed by atoms with Crippen LogP contribution in [0.5, 0.6) is 17.2 Å². The van der Waals surface area contributed by atoms with Crippen molar-refractivity contribution in [1.29, 1.82) is 0 Å². The number of anilines is 1. The highest BCUT2D eigenvalue weighted by atomic mass is 35.5. The number of benzene rings is 3. The van der Waals surface area contributed by atoms with Crippen molar-refractivity contribution in [3.63, 3.8) is 0 Å². The molecule has 26 heavy (non-hydrogen) atoms. The topological polar surface area (TPSA) is 72.6 Å². The van der Waals surface area contributed by atoms with Gasteiger partial charge in [0.2, 0.25) is 0 Å². The minimum Gasteiger partial charge on any atom is -0.507 e. The molecule has 0 radical (unpaired) electrons. The van der Waals surface area contributed by atoms with Gasteiger partial charge in [0.1, 0.15) is 17.2 Å². The Labute approximate surface area is 156 Å². The van der Waals surface area contributed by atoms with Crippen molar-refractivity contribution in [2.75, 3.05) is 5.73 Å². The number of phenols is 1. The van der Waals surface area contributed by atoms with E-state index in [0.717, 1.165) is 11.1 Å². The number of halogens is 1. The van der Waals surface area contributed by atoms with E-state index in [0.29, 0.717) is 27.8 Å². The van der Waals surface area contributed by atoms with Gasteiger partial charge in [-0.15, -0.1) is 0 Å². The van der Waals surface area contributed by atoms with Crippen LogP contribution < -0.4 is 10.5 Å². The van der Waals surface area contributed by atoms with E-state index in [9.17, 15) is 9.90 Å². The first-order valence-electron chi connectivity index (χ1n) is 8.03. The number of ether oxygens (including phenoxy) is 1. The van der Waals surface area contributed by atoms with Gasteiger partial charge in [-0.3, -0.25) is 4.79 Å². The number of nitrogen functional groups attached to an aromatic ring is 1. The largest absolute Gasteiger partial charge is 0.507 e. The monoisotopic (exact) mass is 367 g/mol. The fraction of sp³-hybridized carbons (Fsp3) is 0.0952. The van der Waals surface area contributed by atoms with Crippen molar-refractivity contribution in [3.8, 4) is 17.2 Å². The summed E-state index contributed by atoms with van der Waals surface area (Å²) in [5.41, 5.74) is 8.88. The van der Waals surface area contributed by atoms with Crippen molar-refractivity contribution in [1.82, 2.24) is 0 Å². The number of phenolic OH excluding ortho intramolecular Hbond substituents is 1. The van der Waals surface area contributed by atoms with Gasteiger partial charge in [-0.1, -0.05) is 11.6 Å². The minimum atomic E-state index is -0.310. The number of aryl methyl sites for hydroxylation is 2. The Bertz CT molecular complexity index is 958. The summed E-state index contributed by atoms with van der Waals surface area (Å²) in [7, 11) is 0. The molecule has 0 aliphatic heterocycles. The number of aromatic hydroxyl groups is 1. The number of hydrogen-bond acceptors (Lipinski definition) is 4. The van der Waals surface area contributed by atoms with Crippen molar-refractivity contribution < 1.29 is 14.6 Å². The van der Waals surface area contributed by atoms with Crippen molar-refractivity contribution in [2.24, 2.45) is 0 Å². The Hall–Kier alpha value is -2.98. The zero-order valence-corrected chi connectivity index (χ0v) is 15.2. The van der Waals surface area contributed by atoms with E-state index in [2.05, 4.69) is 0 Å². The number of hydrogen-bond donors (Lipinski definition) is 2. The van der Waals surface area contributed by atoms with E-state index in [-0.39, 0.29) is 17.1 Å². The van der Waals surface area contributed by atoms with E-state index in [1.165, 1.54) is 12.1 Å². The highest BCUT2D eigenvalue weighted by molar-refractivity contribution is 6.30. The minimum absolute atomic E-state index is 0.108. The van der Waals surface area contributed by atoms with Crippen LogP contribution >= 0.6 is 11.6 Å². The summed E-state index contributed by atoms with van der Waals surface area (Å²) in [4.78, 5) is 12.7. The molecule has 0 aromatic heterocycles. The molecule has 0 amide bonds. The zero-order valence-electron chi connectivity index (χ0n) is 14.4. The summed E-state index contributed by atoms with van der Waals surface area (Å²) in [5, 5.41) is 10.7. The Kier molecular flexibility index (Phi) is 4.87. The van der Waals surface area contributed by atoms with E-state index in [1.807, 2.05) is 26.0 Å².